The van der Waals surface area contributed by atoms with E-state index >= 15 is 0 Å². The highest BCUT2D eigenvalue weighted by molar-refractivity contribution is 6.30. The first-order valence-electron chi connectivity index (χ1n) is 12.0. The molecular weight excluding hydrogens is 491 g/mol. The van der Waals surface area contributed by atoms with E-state index in [0.717, 1.165) is 22.6 Å². The number of piperazine rings is 1. The summed E-state index contributed by atoms with van der Waals surface area (Å²) in [5.74, 6) is -0.402. The van der Waals surface area contributed by atoms with Crippen LogP contribution in [0.5, 0.6) is 0 Å². The average molecular weight is 517 g/mol. The standard InChI is InChI=1S/C29H26ClFN4O2/c1-20-26(19-27(21-7-11-23(31)12-8-21)35(20)25-5-3-2-4-6-25)28(36)33-15-17-34(18-16-33)29(37)32-24-13-9-22(30)10-14-24/h2-14,19H,15-18H2,1H3,(H,32,37). The predicted octanol–water partition coefficient (Wildman–Crippen LogP) is 6.24. The number of rotatable bonds is 4. The van der Waals surface area contributed by atoms with Gasteiger partial charge >= 0.3 is 6.03 Å². The Balaban J connectivity index is 1.35. The first kappa shape index (κ1) is 24.6. The van der Waals surface area contributed by atoms with E-state index in [2.05, 4.69) is 5.32 Å². The molecule has 0 spiro atoms. The van der Waals surface area contributed by atoms with Crippen molar-refractivity contribution < 1.29 is 14.0 Å². The zero-order valence-electron chi connectivity index (χ0n) is 20.3. The van der Waals surface area contributed by atoms with E-state index in [-0.39, 0.29) is 17.8 Å². The number of hydrogen-bond donors (Lipinski definition) is 1. The van der Waals surface area contributed by atoms with Crippen LogP contribution < -0.4 is 5.32 Å². The largest absolute Gasteiger partial charge is 0.335 e. The molecule has 8 heteroatoms. The van der Waals surface area contributed by atoms with Gasteiger partial charge in [0.05, 0.1) is 11.3 Å². The summed E-state index contributed by atoms with van der Waals surface area (Å²) in [5, 5.41) is 3.47. The second-order valence-corrected chi connectivity index (χ2v) is 9.36. The minimum atomic E-state index is -0.312. The molecule has 37 heavy (non-hydrogen) atoms. The third-order valence-electron chi connectivity index (χ3n) is 6.58. The summed E-state index contributed by atoms with van der Waals surface area (Å²) >= 11 is 5.91. The van der Waals surface area contributed by atoms with Crippen molar-refractivity contribution in [2.24, 2.45) is 0 Å². The molecule has 3 amide bonds. The van der Waals surface area contributed by atoms with Crippen LogP contribution in [0.25, 0.3) is 16.9 Å². The van der Waals surface area contributed by atoms with Crippen LogP contribution in [0, 0.1) is 12.7 Å². The molecule has 5 rings (SSSR count). The predicted molar refractivity (Wildman–Crippen MR) is 144 cm³/mol. The topological polar surface area (TPSA) is 57.6 Å². The van der Waals surface area contributed by atoms with E-state index in [1.165, 1.54) is 12.1 Å². The summed E-state index contributed by atoms with van der Waals surface area (Å²) in [6, 6.07) is 24.7. The molecule has 0 atom stereocenters. The number of anilines is 1. The molecule has 0 radical (unpaired) electrons. The first-order chi connectivity index (χ1) is 17.9. The van der Waals surface area contributed by atoms with Crippen molar-refractivity contribution in [1.29, 1.82) is 0 Å². The highest BCUT2D eigenvalue weighted by Gasteiger charge is 2.28. The number of carbonyl (C=O) groups is 2. The molecule has 4 aromatic rings. The molecule has 0 unspecified atom stereocenters. The molecule has 1 fully saturated rings. The summed E-state index contributed by atoms with van der Waals surface area (Å²) in [4.78, 5) is 29.8. The molecule has 188 valence electrons. The molecule has 0 saturated carbocycles. The van der Waals surface area contributed by atoms with Crippen molar-refractivity contribution in [1.82, 2.24) is 14.4 Å². The van der Waals surface area contributed by atoms with Gasteiger partial charge in [-0.3, -0.25) is 4.79 Å². The third-order valence-corrected chi connectivity index (χ3v) is 6.83. The van der Waals surface area contributed by atoms with Gasteiger partial charge in [-0.05, 0) is 79.2 Å². The van der Waals surface area contributed by atoms with Gasteiger partial charge in [-0.1, -0.05) is 29.8 Å². The fraction of sp³-hybridized carbons (Fsp3) is 0.172. The lowest BCUT2D eigenvalue weighted by Gasteiger charge is -2.34. The Bertz CT molecular complexity index is 1410. The van der Waals surface area contributed by atoms with Crippen molar-refractivity contribution in [2.75, 3.05) is 31.5 Å². The molecule has 2 heterocycles. The van der Waals surface area contributed by atoms with Crippen molar-refractivity contribution in [3.63, 3.8) is 0 Å². The highest BCUT2D eigenvalue weighted by Crippen LogP contribution is 2.30. The zero-order chi connectivity index (χ0) is 25.9. The van der Waals surface area contributed by atoms with Crippen molar-refractivity contribution in [2.45, 2.75) is 6.92 Å². The zero-order valence-corrected chi connectivity index (χ0v) is 21.1. The molecule has 1 aliphatic heterocycles. The minimum absolute atomic E-state index is 0.0895. The van der Waals surface area contributed by atoms with Crippen LogP contribution >= 0.6 is 11.6 Å². The molecule has 1 N–H and O–H groups in total. The van der Waals surface area contributed by atoms with Crippen LogP contribution in [0.3, 0.4) is 0 Å². The monoisotopic (exact) mass is 516 g/mol. The number of hydrogen-bond acceptors (Lipinski definition) is 2. The molecule has 1 aliphatic rings. The van der Waals surface area contributed by atoms with Crippen LogP contribution in [0.15, 0.2) is 84.9 Å². The van der Waals surface area contributed by atoms with Crippen molar-refractivity contribution in [3.05, 3.63) is 107 Å². The van der Waals surface area contributed by atoms with Gasteiger partial charge in [0.2, 0.25) is 0 Å². The van der Waals surface area contributed by atoms with E-state index in [9.17, 15) is 14.0 Å². The number of carbonyl (C=O) groups excluding carboxylic acids is 2. The first-order valence-corrected chi connectivity index (χ1v) is 12.4. The number of nitrogens with zero attached hydrogens (tertiary/aromatic N) is 3. The maximum atomic E-state index is 13.6. The molecule has 0 aliphatic carbocycles. The number of nitrogens with one attached hydrogen (secondary N) is 1. The Morgan fingerprint density at radius 2 is 1.46 bits per heavy atom. The third kappa shape index (κ3) is 5.22. The molecule has 0 bridgehead atoms. The molecule has 3 aromatic carbocycles. The van der Waals surface area contributed by atoms with Crippen LogP contribution in [0.1, 0.15) is 16.1 Å². The Hall–Kier alpha value is -4.10. The number of para-hydroxylation sites is 1. The van der Waals surface area contributed by atoms with Gasteiger partial charge in [-0.25, -0.2) is 9.18 Å². The Kier molecular flexibility index (Phi) is 6.97. The maximum absolute atomic E-state index is 13.6. The molecule has 6 nitrogen and oxygen atoms in total. The SMILES string of the molecule is Cc1c(C(=O)N2CCN(C(=O)Nc3ccc(Cl)cc3)CC2)cc(-c2ccc(F)cc2)n1-c1ccccc1. The summed E-state index contributed by atoms with van der Waals surface area (Å²) in [7, 11) is 0. The van der Waals surface area contributed by atoms with Crippen LogP contribution in [0.2, 0.25) is 5.02 Å². The lowest BCUT2D eigenvalue weighted by molar-refractivity contribution is 0.0671. The van der Waals surface area contributed by atoms with Crippen LogP contribution in [-0.4, -0.2) is 52.5 Å². The normalized spacial score (nSPS) is 13.5. The number of halogens is 2. The van der Waals surface area contributed by atoms with E-state index in [1.54, 1.807) is 46.2 Å². The molecule has 1 saturated heterocycles. The number of amides is 3. The van der Waals surface area contributed by atoms with Gasteiger partial charge in [0, 0.05) is 48.3 Å². The molecule has 1 aromatic heterocycles. The minimum Gasteiger partial charge on any atom is -0.335 e. The number of urea groups is 1. The second-order valence-electron chi connectivity index (χ2n) is 8.92. The summed E-state index contributed by atoms with van der Waals surface area (Å²) < 4.78 is 15.6. The maximum Gasteiger partial charge on any atom is 0.321 e. The molecular formula is C29H26ClFN4O2. The number of aromatic nitrogens is 1. The Labute approximate surface area is 219 Å². The average Bonchev–Trinajstić information content (AvgIpc) is 3.27. The quantitative estimate of drug-likeness (QED) is 0.349. The fourth-order valence-corrected chi connectivity index (χ4v) is 4.71. The van der Waals surface area contributed by atoms with Gasteiger partial charge in [0.25, 0.3) is 5.91 Å². The van der Waals surface area contributed by atoms with E-state index in [1.807, 2.05) is 47.9 Å². The van der Waals surface area contributed by atoms with E-state index in [0.29, 0.717) is 42.5 Å². The van der Waals surface area contributed by atoms with Gasteiger partial charge in [-0.2, -0.15) is 0 Å². The van der Waals surface area contributed by atoms with E-state index < -0.39 is 0 Å². The van der Waals surface area contributed by atoms with Gasteiger partial charge in [0.1, 0.15) is 5.82 Å². The summed E-state index contributed by atoms with van der Waals surface area (Å²) in [6.45, 7) is 3.62. The second kappa shape index (κ2) is 10.5. The van der Waals surface area contributed by atoms with Gasteiger partial charge in [0.15, 0.2) is 0 Å². The fourth-order valence-electron chi connectivity index (χ4n) is 4.58. The Morgan fingerprint density at radius 3 is 2.11 bits per heavy atom. The highest BCUT2D eigenvalue weighted by atomic mass is 35.5. The lowest BCUT2D eigenvalue weighted by atomic mass is 10.1. The van der Waals surface area contributed by atoms with Crippen LogP contribution in [0.4, 0.5) is 14.9 Å². The smallest absolute Gasteiger partial charge is 0.321 e. The van der Waals surface area contributed by atoms with Crippen LogP contribution in [-0.2, 0) is 0 Å². The number of benzene rings is 3. The summed E-state index contributed by atoms with van der Waals surface area (Å²) in [6.07, 6.45) is 0. The van der Waals surface area contributed by atoms with Gasteiger partial charge in [-0.15, -0.1) is 0 Å². The Morgan fingerprint density at radius 1 is 0.838 bits per heavy atom. The summed E-state index contributed by atoms with van der Waals surface area (Å²) in [5.41, 5.74) is 4.60. The van der Waals surface area contributed by atoms with Crippen molar-refractivity contribution >= 4 is 29.2 Å². The van der Waals surface area contributed by atoms with E-state index in [4.69, 9.17) is 11.6 Å². The van der Waals surface area contributed by atoms with Crippen molar-refractivity contribution in [3.8, 4) is 16.9 Å². The van der Waals surface area contributed by atoms with Gasteiger partial charge < -0.3 is 19.7 Å². The lowest BCUT2D eigenvalue weighted by Crippen LogP contribution is -2.51.